The summed E-state index contributed by atoms with van der Waals surface area (Å²) >= 11 is 0. The van der Waals surface area contributed by atoms with Crippen molar-refractivity contribution in [3.05, 3.63) is 59.7 Å². The van der Waals surface area contributed by atoms with Gasteiger partial charge in [0.1, 0.15) is 12.4 Å². The Morgan fingerprint density at radius 3 is 2.56 bits per heavy atom. The van der Waals surface area contributed by atoms with Crippen LogP contribution < -0.4 is 10.1 Å². The minimum Gasteiger partial charge on any atom is -0.491 e. The van der Waals surface area contributed by atoms with Gasteiger partial charge in [-0.15, -0.1) is 0 Å². The minimum atomic E-state index is -0.121. The molecule has 2 amide bonds. The van der Waals surface area contributed by atoms with Crippen molar-refractivity contribution in [3.8, 4) is 5.75 Å². The molecule has 0 unspecified atom stereocenters. The molecule has 0 aromatic heterocycles. The molecule has 2 aromatic carbocycles. The predicted molar refractivity (Wildman–Crippen MR) is 141 cm³/mol. The fraction of sp³-hybridized carbons (Fsp3) is 0.517. The summed E-state index contributed by atoms with van der Waals surface area (Å²) in [7, 11) is 3.53. The van der Waals surface area contributed by atoms with Gasteiger partial charge >= 0.3 is 0 Å². The number of benzene rings is 2. The molecule has 1 heterocycles. The first-order chi connectivity index (χ1) is 17.3. The maximum absolute atomic E-state index is 13.4. The Balaban J connectivity index is 1.56. The van der Waals surface area contributed by atoms with E-state index in [2.05, 4.69) is 24.1 Å². The molecule has 3 atom stereocenters. The SMILES string of the molecule is CO[C@H]1CN(C)C(=O)c2ccc(NC(=O)Cc3ccccc3)cc2OC[C@H](C)N(CC2CC2)C[C@@H]1C. The van der Waals surface area contributed by atoms with Crippen LogP contribution in [0.15, 0.2) is 48.5 Å². The Labute approximate surface area is 214 Å². The number of nitrogens with zero attached hydrogens (tertiary/aromatic N) is 2. The smallest absolute Gasteiger partial charge is 0.257 e. The van der Waals surface area contributed by atoms with Crippen LogP contribution in [-0.2, 0) is 16.0 Å². The summed E-state index contributed by atoms with van der Waals surface area (Å²) in [5.41, 5.74) is 2.05. The minimum absolute atomic E-state index is 0.0619. The summed E-state index contributed by atoms with van der Waals surface area (Å²) in [6.45, 7) is 7.29. The van der Waals surface area contributed by atoms with Crippen LogP contribution in [0.2, 0.25) is 0 Å². The highest BCUT2D eigenvalue weighted by Gasteiger charge is 2.31. The standard InChI is InChI=1S/C29H39N3O4/c1-20-16-32(17-23-10-11-23)21(2)19-36-26-15-24(30-28(33)14-22-8-6-5-7-9-22)12-13-25(26)29(34)31(3)18-27(20)35-4/h5-9,12-13,15,20-21,23,27H,10-11,14,16-19H2,1-4H3,(H,30,33)/t20-,21-,27-/m0/s1. The summed E-state index contributed by atoms with van der Waals surface area (Å²) < 4.78 is 12.1. The Kier molecular flexibility index (Phi) is 8.64. The van der Waals surface area contributed by atoms with Crippen LogP contribution in [0.1, 0.15) is 42.6 Å². The molecule has 2 aromatic rings. The number of hydrogen-bond acceptors (Lipinski definition) is 5. The van der Waals surface area contributed by atoms with Gasteiger partial charge in [-0.05, 0) is 49.3 Å². The third-order valence-corrected chi connectivity index (χ3v) is 7.26. The first-order valence-electron chi connectivity index (χ1n) is 13.0. The lowest BCUT2D eigenvalue weighted by molar-refractivity contribution is -0.115. The zero-order valence-electron chi connectivity index (χ0n) is 21.9. The zero-order chi connectivity index (χ0) is 25.7. The number of amides is 2. The molecule has 0 bridgehead atoms. The van der Waals surface area contributed by atoms with Crippen molar-refractivity contribution in [2.75, 3.05) is 45.7 Å². The number of likely N-dealkylation sites (N-methyl/N-ethyl adjacent to an activating group) is 1. The van der Waals surface area contributed by atoms with Crippen molar-refractivity contribution in [1.29, 1.82) is 0 Å². The van der Waals surface area contributed by atoms with Gasteiger partial charge in [0.2, 0.25) is 5.91 Å². The molecule has 1 N–H and O–H groups in total. The van der Waals surface area contributed by atoms with Crippen LogP contribution in [0.4, 0.5) is 5.69 Å². The van der Waals surface area contributed by atoms with E-state index in [1.165, 1.54) is 12.8 Å². The first-order valence-corrected chi connectivity index (χ1v) is 13.0. The second kappa shape index (κ2) is 11.9. The van der Waals surface area contributed by atoms with E-state index in [0.29, 0.717) is 30.2 Å². The molecule has 4 rings (SSSR count). The molecule has 0 radical (unpaired) electrons. The van der Waals surface area contributed by atoms with Gasteiger partial charge in [-0.2, -0.15) is 0 Å². The lowest BCUT2D eigenvalue weighted by atomic mass is 10.0. The van der Waals surface area contributed by atoms with Crippen LogP contribution in [0.5, 0.6) is 5.75 Å². The average molecular weight is 494 g/mol. The van der Waals surface area contributed by atoms with Crippen molar-refractivity contribution < 1.29 is 19.1 Å². The van der Waals surface area contributed by atoms with Crippen LogP contribution in [-0.4, -0.2) is 74.2 Å². The van der Waals surface area contributed by atoms with Crippen LogP contribution in [0.25, 0.3) is 0 Å². The van der Waals surface area contributed by atoms with Crippen molar-refractivity contribution >= 4 is 17.5 Å². The van der Waals surface area contributed by atoms with E-state index < -0.39 is 0 Å². The number of methoxy groups -OCH3 is 1. The van der Waals surface area contributed by atoms with E-state index in [4.69, 9.17) is 9.47 Å². The lowest BCUT2D eigenvalue weighted by Gasteiger charge is -2.36. The highest BCUT2D eigenvalue weighted by Crippen LogP contribution is 2.32. The molecular formula is C29H39N3O4. The summed E-state index contributed by atoms with van der Waals surface area (Å²) in [6.07, 6.45) is 2.80. The molecule has 7 heteroatoms. The largest absolute Gasteiger partial charge is 0.491 e. The number of nitrogens with one attached hydrogen (secondary N) is 1. The van der Waals surface area contributed by atoms with Gasteiger partial charge in [0.15, 0.2) is 0 Å². The lowest BCUT2D eigenvalue weighted by Crippen LogP contribution is -2.47. The van der Waals surface area contributed by atoms with E-state index in [1.807, 2.05) is 30.3 Å². The average Bonchev–Trinajstić information content (AvgIpc) is 3.69. The van der Waals surface area contributed by atoms with Gasteiger partial charge < -0.3 is 19.7 Å². The number of hydrogen-bond donors (Lipinski definition) is 1. The van der Waals surface area contributed by atoms with Crippen LogP contribution in [0, 0.1) is 11.8 Å². The first kappa shape index (κ1) is 26.2. The van der Waals surface area contributed by atoms with Gasteiger partial charge in [-0.25, -0.2) is 0 Å². The zero-order valence-corrected chi connectivity index (χ0v) is 21.9. The maximum atomic E-state index is 13.4. The highest BCUT2D eigenvalue weighted by atomic mass is 16.5. The Morgan fingerprint density at radius 1 is 1.11 bits per heavy atom. The second-order valence-corrected chi connectivity index (χ2v) is 10.4. The van der Waals surface area contributed by atoms with E-state index in [0.717, 1.165) is 24.6 Å². The molecule has 0 spiro atoms. The van der Waals surface area contributed by atoms with E-state index in [1.54, 1.807) is 37.3 Å². The molecule has 36 heavy (non-hydrogen) atoms. The number of ether oxygens (including phenoxy) is 2. The molecule has 1 aliphatic carbocycles. The molecule has 7 nitrogen and oxygen atoms in total. The number of carbonyl (C=O) groups excluding carboxylic acids is 2. The molecule has 0 saturated heterocycles. The fourth-order valence-electron chi connectivity index (χ4n) is 4.80. The fourth-order valence-corrected chi connectivity index (χ4v) is 4.80. The monoisotopic (exact) mass is 493 g/mol. The van der Waals surface area contributed by atoms with E-state index in [-0.39, 0.29) is 36.3 Å². The second-order valence-electron chi connectivity index (χ2n) is 10.4. The van der Waals surface area contributed by atoms with Gasteiger partial charge in [-0.3, -0.25) is 14.5 Å². The van der Waals surface area contributed by atoms with Gasteiger partial charge in [0.05, 0.1) is 18.1 Å². The van der Waals surface area contributed by atoms with Crippen molar-refractivity contribution in [1.82, 2.24) is 9.80 Å². The summed E-state index contributed by atoms with van der Waals surface area (Å²) in [5, 5.41) is 2.96. The molecule has 1 saturated carbocycles. The Hall–Kier alpha value is -2.90. The van der Waals surface area contributed by atoms with Gasteiger partial charge in [-0.1, -0.05) is 37.3 Å². The summed E-state index contributed by atoms with van der Waals surface area (Å²) in [5.74, 6) is 1.29. The maximum Gasteiger partial charge on any atom is 0.257 e. The molecular weight excluding hydrogens is 454 g/mol. The molecule has 2 aliphatic rings. The van der Waals surface area contributed by atoms with Crippen molar-refractivity contribution in [3.63, 3.8) is 0 Å². The highest BCUT2D eigenvalue weighted by molar-refractivity contribution is 5.98. The third-order valence-electron chi connectivity index (χ3n) is 7.26. The Morgan fingerprint density at radius 2 is 1.86 bits per heavy atom. The molecule has 194 valence electrons. The summed E-state index contributed by atoms with van der Waals surface area (Å²) in [4.78, 5) is 30.2. The van der Waals surface area contributed by atoms with Crippen molar-refractivity contribution in [2.24, 2.45) is 11.8 Å². The number of anilines is 1. The number of carbonyl (C=O) groups is 2. The Bertz CT molecular complexity index is 1040. The van der Waals surface area contributed by atoms with E-state index in [9.17, 15) is 9.59 Å². The van der Waals surface area contributed by atoms with Crippen molar-refractivity contribution in [2.45, 2.75) is 45.3 Å². The van der Waals surface area contributed by atoms with Crippen LogP contribution >= 0.6 is 0 Å². The third kappa shape index (κ3) is 6.86. The number of fused-ring (bicyclic) bond motifs is 1. The van der Waals surface area contributed by atoms with Crippen LogP contribution in [0.3, 0.4) is 0 Å². The summed E-state index contributed by atoms with van der Waals surface area (Å²) in [6, 6.07) is 15.1. The number of rotatable bonds is 6. The van der Waals surface area contributed by atoms with Gasteiger partial charge in [0, 0.05) is 51.6 Å². The molecule has 1 fully saturated rings. The predicted octanol–water partition coefficient (Wildman–Crippen LogP) is 4.08. The molecule has 1 aliphatic heterocycles. The van der Waals surface area contributed by atoms with Gasteiger partial charge in [0.25, 0.3) is 5.91 Å². The topological polar surface area (TPSA) is 71.1 Å². The normalized spacial score (nSPS) is 23.7. The van der Waals surface area contributed by atoms with E-state index >= 15 is 0 Å². The quantitative estimate of drug-likeness (QED) is 0.657.